The number of thioether (sulfide) groups is 1. The molecule has 4 nitrogen and oxygen atoms in total. The Morgan fingerprint density at radius 2 is 1.96 bits per heavy atom. The lowest BCUT2D eigenvalue weighted by molar-refractivity contribution is -0.137. The number of alkyl halides is 3. The summed E-state index contributed by atoms with van der Waals surface area (Å²) in [5.41, 5.74) is -0.227. The highest BCUT2D eigenvalue weighted by Gasteiger charge is 2.36. The van der Waals surface area contributed by atoms with Crippen LogP contribution in [0.4, 0.5) is 18.9 Å². The normalized spacial score (nSPS) is 16.3. The van der Waals surface area contributed by atoms with Gasteiger partial charge in [-0.3, -0.25) is 9.69 Å². The van der Waals surface area contributed by atoms with E-state index < -0.39 is 17.6 Å². The number of thiocarbonyl (C=S) groups is 1. The average molecular weight is 411 g/mol. The number of phenolic OH excluding ortho intramolecular Hbond substituents is 1. The first kappa shape index (κ1) is 19.2. The van der Waals surface area contributed by atoms with Crippen LogP contribution in [0.25, 0.3) is 6.08 Å². The molecule has 0 aromatic heterocycles. The zero-order valence-corrected chi connectivity index (χ0v) is 15.4. The largest absolute Gasteiger partial charge is 0.504 e. The number of hydrogen-bond acceptors (Lipinski definition) is 5. The number of phenols is 1. The number of carbonyl (C=O) groups is 1. The van der Waals surface area contributed by atoms with Gasteiger partial charge in [-0.15, -0.1) is 0 Å². The fourth-order valence-corrected chi connectivity index (χ4v) is 3.75. The predicted molar refractivity (Wildman–Crippen MR) is 102 cm³/mol. The van der Waals surface area contributed by atoms with Gasteiger partial charge in [0.15, 0.2) is 15.8 Å². The van der Waals surface area contributed by atoms with Crippen LogP contribution in [0.1, 0.15) is 11.1 Å². The molecule has 1 aliphatic heterocycles. The summed E-state index contributed by atoms with van der Waals surface area (Å²) in [7, 11) is 1.39. The minimum atomic E-state index is -4.52. The van der Waals surface area contributed by atoms with Crippen LogP contribution in [-0.2, 0) is 11.0 Å². The van der Waals surface area contributed by atoms with Crippen molar-refractivity contribution in [2.75, 3.05) is 12.0 Å². The Labute approximate surface area is 162 Å². The lowest BCUT2D eigenvalue weighted by Gasteiger charge is -2.16. The van der Waals surface area contributed by atoms with Gasteiger partial charge in [0.25, 0.3) is 5.91 Å². The van der Waals surface area contributed by atoms with Crippen LogP contribution >= 0.6 is 24.0 Å². The van der Waals surface area contributed by atoms with Gasteiger partial charge in [-0.05, 0) is 42.0 Å². The molecule has 0 radical (unpaired) electrons. The van der Waals surface area contributed by atoms with Gasteiger partial charge in [-0.25, -0.2) is 0 Å². The van der Waals surface area contributed by atoms with Crippen LogP contribution in [0.15, 0.2) is 47.4 Å². The van der Waals surface area contributed by atoms with Crippen LogP contribution < -0.4 is 9.64 Å². The Hall–Kier alpha value is -2.52. The maximum atomic E-state index is 12.9. The van der Waals surface area contributed by atoms with Crippen molar-refractivity contribution in [3.05, 3.63) is 58.5 Å². The van der Waals surface area contributed by atoms with Gasteiger partial charge in [0.2, 0.25) is 0 Å². The topological polar surface area (TPSA) is 49.8 Å². The van der Waals surface area contributed by atoms with E-state index in [0.717, 1.165) is 28.8 Å². The molecule has 1 aliphatic rings. The number of benzene rings is 2. The van der Waals surface area contributed by atoms with Crippen LogP contribution in [-0.4, -0.2) is 22.4 Å². The molecule has 0 atom stereocenters. The first-order chi connectivity index (χ1) is 12.7. The molecule has 1 N–H and O–H groups in total. The molecule has 9 heteroatoms. The summed E-state index contributed by atoms with van der Waals surface area (Å²) < 4.78 is 44.0. The minimum absolute atomic E-state index is 0.0498. The van der Waals surface area contributed by atoms with E-state index in [1.165, 1.54) is 37.5 Å². The van der Waals surface area contributed by atoms with Crippen molar-refractivity contribution in [1.82, 2.24) is 0 Å². The van der Waals surface area contributed by atoms with E-state index in [2.05, 4.69) is 0 Å². The van der Waals surface area contributed by atoms with Crippen LogP contribution in [0.3, 0.4) is 0 Å². The highest BCUT2D eigenvalue weighted by molar-refractivity contribution is 8.27. The van der Waals surface area contributed by atoms with Gasteiger partial charge in [0.05, 0.1) is 23.3 Å². The smallest absolute Gasteiger partial charge is 0.416 e. The quantitative estimate of drug-likeness (QED) is 0.579. The maximum absolute atomic E-state index is 12.9. The Kier molecular flexibility index (Phi) is 5.16. The van der Waals surface area contributed by atoms with Crippen molar-refractivity contribution in [3.63, 3.8) is 0 Å². The zero-order valence-electron chi connectivity index (χ0n) is 13.8. The third-order valence-corrected chi connectivity index (χ3v) is 5.03. The van der Waals surface area contributed by atoms with Crippen LogP contribution in [0, 0.1) is 0 Å². The summed E-state index contributed by atoms with van der Waals surface area (Å²) >= 11 is 6.17. The number of nitrogens with zero attached hydrogens (tertiary/aromatic N) is 1. The lowest BCUT2D eigenvalue weighted by Crippen LogP contribution is -2.27. The molecule has 2 aromatic carbocycles. The number of carbonyl (C=O) groups excluding carboxylic acids is 1. The molecule has 0 aliphatic carbocycles. The number of methoxy groups -OCH3 is 1. The summed E-state index contributed by atoms with van der Waals surface area (Å²) in [6, 6.07) is 8.97. The van der Waals surface area contributed by atoms with Crippen molar-refractivity contribution in [2.45, 2.75) is 6.18 Å². The van der Waals surface area contributed by atoms with E-state index in [0.29, 0.717) is 5.56 Å². The number of rotatable bonds is 3. The van der Waals surface area contributed by atoms with E-state index >= 15 is 0 Å². The van der Waals surface area contributed by atoms with Gasteiger partial charge < -0.3 is 9.84 Å². The highest BCUT2D eigenvalue weighted by Crippen LogP contribution is 2.39. The third-order valence-electron chi connectivity index (χ3n) is 3.73. The highest BCUT2D eigenvalue weighted by atomic mass is 32.2. The summed E-state index contributed by atoms with van der Waals surface area (Å²) in [5.74, 6) is -0.334. The Balaban J connectivity index is 1.94. The van der Waals surface area contributed by atoms with Gasteiger partial charge >= 0.3 is 6.18 Å². The molecule has 3 rings (SSSR count). The molecule has 0 bridgehead atoms. The molecule has 0 unspecified atom stereocenters. The molecule has 1 saturated heterocycles. The lowest BCUT2D eigenvalue weighted by atomic mass is 10.1. The van der Waals surface area contributed by atoms with E-state index in [9.17, 15) is 23.1 Å². The van der Waals surface area contributed by atoms with E-state index in [-0.39, 0.29) is 26.4 Å². The van der Waals surface area contributed by atoms with Crippen LogP contribution in [0.2, 0.25) is 0 Å². The average Bonchev–Trinajstić information content (AvgIpc) is 2.89. The van der Waals surface area contributed by atoms with Gasteiger partial charge in [-0.1, -0.05) is 36.1 Å². The van der Waals surface area contributed by atoms with Crippen LogP contribution in [0.5, 0.6) is 11.5 Å². The molecular formula is C18H12F3NO3S2. The second kappa shape index (κ2) is 7.24. The number of ether oxygens (including phenoxy) is 1. The summed E-state index contributed by atoms with van der Waals surface area (Å²) in [4.78, 5) is 14.0. The van der Waals surface area contributed by atoms with E-state index in [1.807, 2.05) is 0 Å². The molecular weight excluding hydrogens is 399 g/mol. The Morgan fingerprint density at radius 1 is 1.22 bits per heavy atom. The molecule has 27 heavy (non-hydrogen) atoms. The third kappa shape index (κ3) is 3.93. The van der Waals surface area contributed by atoms with E-state index in [4.69, 9.17) is 17.0 Å². The Bertz CT molecular complexity index is 957. The molecule has 1 amide bonds. The second-order valence-electron chi connectivity index (χ2n) is 5.50. The number of amides is 1. The summed E-state index contributed by atoms with van der Waals surface area (Å²) in [6.45, 7) is 0. The first-order valence-corrected chi connectivity index (χ1v) is 8.75. The van der Waals surface area contributed by atoms with Crippen molar-refractivity contribution < 1.29 is 27.8 Å². The zero-order chi connectivity index (χ0) is 19.8. The first-order valence-electron chi connectivity index (χ1n) is 7.53. The monoisotopic (exact) mass is 411 g/mol. The number of hydrogen-bond donors (Lipinski definition) is 1. The molecule has 0 saturated carbocycles. The number of aromatic hydroxyl groups is 1. The fraction of sp³-hybridized carbons (Fsp3) is 0.111. The second-order valence-corrected chi connectivity index (χ2v) is 7.17. The molecule has 140 valence electrons. The fourth-order valence-electron chi connectivity index (χ4n) is 2.45. The molecule has 1 fully saturated rings. The van der Waals surface area contributed by atoms with E-state index in [1.54, 1.807) is 6.07 Å². The number of anilines is 1. The molecule has 0 spiro atoms. The standard InChI is InChI=1S/C18H12F3NO3S2/c1-25-14-7-10(5-6-13(14)23)8-15-16(24)22(17(26)27-15)12-4-2-3-11(9-12)18(19,20)21/h2-9,23H,1H3/b15-8+. The van der Waals surface area contributed by atoms with Gasteiger partial charge in [-0.2, -0.15) is 13.2 Å². The van der Waals surface area contributed by atoms with Crippen molar-refractivity contribution in [3.8, 4) is 11.5 Å². The van der Waals surface area contributed by atoms with Gasteiger partial charge in [0, 0.05) is 0 Å². The molecule has 2 aromatic rings. The van der Waals surface area contributed by atoms with Crippen molar-refractivity contribution in [1.29, 1.82) is 0 Å². The van der Waals surface area contributed by atoms with Crippen molar-refractivity contribution in [2.24, 2.45) is 0 Å². The van der Waals surface area contributed by atoms with Crippen molar-refractivity contribution >= 4 is 46.0 Å². The Morgan fingerprint density at radius 3 is 2.63 bits per heavy atom. The predicted octanol–water partition coefficient (Wildman–Crippen LogP) is 4.83. The maximum Gasteiger partial charge on any atom is 0.416 e. The van der Waals surface area contributed by atoms with Gasteiger partial charge in [0.1, 0.15) is 0 Å². The summed E-state index contributed by atoms with van der Waals surface area (Å²) in [6.07, 6.45) is -2.98. The number of halogens is 3. The summed E-state index contributed by atoms with van der Waals surface area (Å²) in [5, 5.41) is 9.63. The molecule has 1 heterocycles. The minimum Gasteiger partial charge on any atom is -0.504 e. The SMILES string of the molecule is COc1cc(/C=C2/SC(=S)N(c3cccc(C(F)(F)F)c3)C2=O)ccc1O.